The molecule has 168 valence electrons. The highest BCUT2D eigenvalue weighted by Gasteiger charge is 2.22. The van der Waals surface area contributed by atoms with Gasteiger partial charge >= 0.3 is 6.03 Å². The van der Waals surface area contributed by atoms with Crippen LogP contribution in [0.15, 0.2) is 55.3 Å². The molecule has 1 N–H and O–H groups in total. The summed E-state index contributed by atoms with van der Waals surface area (Å²) < 4.78 is 12.7. The van der Waals surface area contributed by atoms with Crippen LogP contribution in [0.5, 0.6) is 5.75 Å². The van der Waals surface area contributed by atoms with E-state index in [0.29, 0.717) is 37.7 Å². The third-order valence-corrected chi connectivity index (χ3v) is 4.71. The molecule has 8 nitrogen and oxygen atoms in total. The van der Waals surface area contributed by atoms with Crippen molar-refractivity contribution in [2.75, 3.05) is 45.3 Å². The molecular formula is C23H32N4O4. The van der Waals surface area contributed by atoms with Crippen LogP contribution in [0.2, 0.25) is 0 Å². The molecule has 0 atom stereocenters. The topological polar surface area (TPSA) is 76.0 Å². The molecule has 2 aromatic rings. The van der Waals surface area contributed by atoms with E-state index in [-0.39, 0.29) is 19.0 Å². The number of aryl methyl sites for hydroxylation is 1. The summed E-state index contributed by atoms with van der Waals surface area (Å²) in [6, 6.07) is 10.7. The van der Waals surface area contributed by atoms with E-state index in [2.05, 4.69) is 11.9 Å². The molecule has 0 saturated carbocycles. The maximum atomic E-state index is 13.1. The summed E-state index contributed by atoms with van der Waals surface area (Å²) in [5.74, 6) is 0.405. The van der Waals surface area contributed by atoms with Crippen LogP contribution >= 0.6 is 0 Å². The summed E-state index contributed by atoms with van der Waals surface area (Å²) in [6.07, 6.45) is 3.53. The lowest BCUT2D eigenvalue weighted by Crippen LogP contribution is -2.45. The van der Waals surface area contributed by atoms with Crippen LogP contribution in [0.4, 0.5) is 10.5 Å². The number of nitrogens with zero attached hydrogens (tertiary/aromatic N) is 3. The van der Waals surface area contributed by atoms with Crippen LogP contribution < -0.4 is 10.1 Å². The number of ether oxygens (including phenoxy) is 2. The molecule has 1 aromatic carbocycles. The molecule has 3 amide bonds. The number of carbonyl (C=O) groups excluding carboxylic acids is 2. The minimum atomic E-state index is -0.397. The Labute approximate surface area is 184 Å². The minimum absolute atomic E-state index is 0.0806. The second kappa shape index (κ2) is 12.4. The Bertz CT molecular complexity index is 865. The molecular weight excluding hydrogens is 396 g/mol. The molecule has 8 heteroatoms. The van der Waals surface area contributed by atoms with Gasteiger partial charge in [0.1, 0.15) is 12.3 Å². The summed E-state index contributed by atoms with van der Waals surface area (Å²) in [7, 11) is 3.53. The molecule has 1 heterocycles. The van der Waals surface area contributed by atoms with E-state index < -0.39 is 6.03 Å². The van der Waals surface area contributed by atoms with E-state index in [1.807, 2.05) is 49.0 Å². The third kappa shape index (κ3) is 7.18. The van der Waals surface area contributed by atoms with Gasteiger partial charge in [0.15, 0.2) is 0 Å². The Morgan fingerprint density at radius 1 is 1.19 bits per heavy atom. The van der Waals surface area contributed by atoms with Crippen molar-refractivity contribution in [1.29, 1.82) is 0 Å². The number of urea groups is 1. The predicted molar refractivity (Wildman–Crippen MR) is 121 cm³/mol. The Kier molecular flexibility index (Phi) is 9.64. The Morgan fingerprint density at radius 3 is 2.61 bits per heavy atom. The molecule has 2 rings (SSSR count). The zero-order chi connectivity index (χ0) is 22.6. The number of amides is 3. The minimum Gasteiger partial charge on any atom is -0.492 e. The van der Waals surface area contributed by atoms with Crippen LogP contribution in [0.1, 0.15) is 12.6 Å². The Hall–Kier alpha value is -3.26. The van der Waals surface area contributed by atoms with Crippen molar-refractivity contribution in [3.63, 3.8) is 0 Å². The van der Waals surface area contributed by atoms with Crippen molar-refractivity contribution in [3.05, 3.63) is 60.9 Å². The van der Waals surface area contributed by atoms with Crippen molar-refractivity contribution < 1.29 is 19.1 Å². The second-order valence-electron chi connectivity index (χ2n) is 6.95. The van der Waals surface area contributed by atoms with Gasteiger partial charge in [0.25, 0.3) is 0 Å². The molecule has 0 aliphatic rings. The number of rotatable bonds is 12. The largest absolute Gasteiger partial charge is 0.492 e. The van der Waals surface area contributed by atoms with E-state index in [1.165, 1.54) is 4.90 Å². The highest BCUT2D eigenvalue weighted by Crippen LogP contribution is 2.24. The predicted octanol–water partition coefficient (Wildman–Crippen LogP) is 3.12. The number of methoxy groups -OCH3 is 1. The van der Waals surface area contributed by atoms with Gasteiger partial charge in [-0.15, -0.1) is 6.58 Å². The number of anilines is 1. The van der Waals surface area contributed by atoms with Crippen molar-refractivity contribution in [2.24, 2.45) is 7.05 Å². The van der Waals surface area contributed by atoms with Crippen LogP contribution in [-0.2, 0) is 23.1 Å². The first-order valence-electron chi connectivity index (χ1n) is 10.3. The number of hydrogen-bond acceptors (Lipinski definition) is 4. The molecule has 31 heavy (non-hydrogen) atoms. The van der Waals surface area contributed by atoms with Gasteiger partial charge in [-0.05, 0) is 31.2 Å². The zero-order valence-corrected chi connectivity index (χ0v) is 18.5. The number of para-hydroxylation sites is 2. The quantitative estimate of drug-likeness (QED) is 0.527. The number of carbonyl (C=O) groups is 2. The standard InChI is InChI=1S/C23H32N4O4/c1-5-13-27(23(29)24-20-11-7-8-12-21(20)31-6-2)18-22(28)26(15-16-30-4)17-19-10-9-14-25(19)3/h5,7-12,14H,1,6,13,15-18H2,2-4H3,(H,24,29). The first-order chi connectivity index (χ1) is 15.0. The first-order valence-corrected chi connectivity index (χ1v) is 10.3. The summed E-state index contributed by atoms with van der Waals surface area (Å²) in [6.45, 7) is 7.50. The summed E-state index contributed by atoms with van der Waals surface area (Å²) in [5.41, 5.74) is 1.55. The highest BCUT2D eigenvalue weighted by atomic mass is 16.5. The Morgan fingerprint density at radius 2 is 1.97 bits per heavy atom. The van der Waals surface area contributed by atoms with Crippen LogP contribution in [0.25, 0.3) is 0 Å². The number of nitrogens with one attached hydrogen (secondary N) is 1. The first kappa shape index (κ1) is 24.0. The summed E-state index contributed by atoms with van der Waals surface area (Å²) in [5, 5.41) is 2.84. The van der Waals surface area contributed by atoms with E-state index in [0.717, 1.165) is 5.69 Å². The van der Waals surface area contributed by atoms with Crippen LogP contribution in [0.3, 0.4) is 0 Å². The molecule has 0 aliphatic heterocycles. The fourth-order valence-corrected chi connectivity index (χ4v) is 3.03. The van der Waals surface area contributed by atoms with Crippen molar-refractivity contribution in [1.82, 2.24) is 14.4 Å². The van der Waals surface area contributed by atoms with Crippen molar-refractivity contribution in [3.8, 4) is 5.75 Å². The molecule has 0 bridgehead atoms. The zero-order valence-electron chi connectivity index (χ0n) is 18.5. The highest BCUT2D eigenvalue weighted by molar-refractivity contribution is 5.93. The van der Waals surface area contributed by atoms with E-state index in [9.17, 15) is 9.59 Å². The van der Waals surface area contributed by atoms with E-state index in [1.54, 1.807) is 30.2 Å². The maximum absolute atomic E-state index is 13.1. The SMILES string of the molecule is C=CCN(CC(=O)N(CCOC)Cc1cccn1C)C(=O)Nc1ccccc1OCC. The lowest BCUT2D eigenvalue weighted by atomic mass is 10.3. The third-order valence-electron chi connectivity index (χ3n) is 4.71. The smallest absolute Gasteiger partial charge is 0.322 e. The monoisotopic (exact) mass is 428 g/mol. The van der Waals surface area contributed by atoms with Gasteiger partial charge in [-0.3, -0.25) is 4.79 Å². The van der Waals surface area contributed by atoms with E-state index in [4.69, 9.17) is 9.47 Å². The van der Waals surface area contributed by atoms with Crippen LogP contribution in [-0.4, -0.2) is 66.3 Å². The maximum Gasteiger partial charge on any atom is 0.322 e. The average Bonchev–Trinajstić information content (AvgIpc) is 3.16. The van der Waals surface area contributed by atoms with Crippen LogP contribution in [0, 0.1) is 0 Å². The fourth-order valence-electron chi connectivity index (χ4n) is 3.03. The number of hydrogen-bond donors (Lipinski definition) is 1. The van der Waals surface area contributed by atoms with Gasteiger partial charge in [-0.25, -0.2) is 4.79 Å². The van der Waals surface area contributed by atoms with Gasteiger partial charge in [0.05, 0.1) is 25.4 Å². The van der Waals surface area contributed by atoms with Gasteiger partial charge in [-0.2, -0.15) is 0 Å². The van der Waals surface area contributed by atoms with Crippen molar-refractivity contribution >= 4 is 17.6 Å². The molecule has 0 saturated heterocycles. The molecule has 0 radical (unpaired) electrons. The van der Waals surface area contributed by atoms with Crippen molar-refractivity contribution in [2.45, 2.75) is 13.5 Å². The van der Waals surface area contributed by atoms with Gasteiger partial charge in [-0.1, -0.05) is 18.2 Å². The molecule has 0 fully saturated rings. The number of benzene rings is 1. The van der Waals surface area contributed by atoms with Gasteiger partial charge in [0, 0.05) is 39.1 Å². The molecule has 0 spiro atoms. The Balaban J connectivity index is 2.11. The molecule has 0 unspecified atom stereocenters. The van der Waals surface area contributed by atoms with Gasteiger partial charge < -0.3 is 29.2 Å². The van der Waals surface area contributed by atoms with Gasteiger partial charge in [0.2, 0.25) is 5.91 Å². The second-order valence-corrected chi connectivity index (χ2v) is 6.95. The number of aromatic nitrogens is 1. The summed E-state index contributed by atoms with van der Waals surface area (Å²) in [4.78, 5) is 29.1. The molecule has 1 aromatic heterocycles. The molecule has 0 aliphatic carbocycles. The summed E-state index contributed by atoms with van der Waals surface area (Å²) >= 11 is 0. The normalized spacial score (nSPS) is 10.4. The lowest BCUT2D eigenvalue weighted by Gasteiger charge is -2.27. The van der Waals surface area contributed by atoms with E-state index >= 15 is 0 Å². The fraction of sp³-hybridized carbons (Fsp3) is 0.391. The average molecular weight is 429 g/mol. The lowest BCUT2D eigenvalue weighted by molar-refractivity contribution is -0.133.